The minimum atomic E-state index is -1.61. The van der Waals surface area contributed by atoms with Gasteiger partial charge in [0.25, 0.3) is 0 Å². The molecule has 76 valence electrons. The van der Waals surface area contributed by atoms with Gasteiger partial charge in [0.15, 0.2) is 5.78 Å². The lowest BCUT2D eigenvalue weighted by atomic mass is 9.74. The zero-order valence-electron chi connectivity index (χ0n) is 7.40. The monoisotopic (exact) mass is 198 g/mol. The zero-order chi connectivity index (χ0) is 10.5. The van der Waals surface area contributed by atoms with Crippen molar-refractivity contribution in [2.45, 2.75) is 19.3 Å². The number of carbonyl (C=O) groups is 3. The van der Waals surface area contributed by atoms with Crippen molar-refractivity contribution in [3.8, 4) is 0 Å². The zero-order valence-corrected chi connectivity index (χ0v) is 7.40. The molecule has 2 fully saturated rings. The third kappa shape index (κ3) is 0.818. The molecule has 5 nitrogen and oxygen atoms in total. The molecule has 3 unspecified atom stereocenters. The molecule has 0 aromatic carbocycles. The van der Waals surface area contributed by atoms with Crippen molar-refractivity contribution in [1.82, 2.24) is 0 Å². The minimum absolute atomic E-state index is 0.183. The van der Waals surface area contributed by atoms with Crippen molar-refractivity contribution in [2.24, 2.45) is 17.3 Å². The van der Waals surface area contributed by atoms with Crippen molar-refractivity contribution >= 4 is 17.7 Å². The highest BCUT2D eigenvalue weighted by Gasteiger charge is 2.66. The normalized spacial score (nSPS) is 40.1. The average Bonchev–Trinajstić information content (AvgIpc) is 2.58. The third-order valence-electron chi connectivity index (χ3n) is 3.49. The van der Waals surface area contributed by atoms with Crippen LogP contribution in [0, 0.1) is 17.3 Å². The fourth-order valence-corrected chi connectivity index (χ4v) is 2.75. The first-order valence-electron chi connectivity index (χ1n) is 4.50. The Hall–Kier alpha value is -1.39. The fourth-order valence-electron chi connectivity index (χ4n) is 2.75. The van der Waals surface area contributed by atoms with Crippen molar-refractivity contribution in [3.05, 3.63) is 0 Å². The molecular formula is C9H10O5. The van der Waals surface area contributed by atoms with Gasteiger partial charge in [0.2, 0.25) is 0 Å². The van der Waals surface area contributed by atoms with Crippen molar-refractivity contribution < 1.29 is 24.6 Å². The Morgan fingerprint density at radius 2 is 2.00 bits per heavy atom. The first kappa shape index (κ1) is 9.18. The summed E-state index contributed by atoms with van der Waals surface area (Å²) in [6.45, 7) is 0. The number of fused-ring (bicyclic) bond motifs is 2. The summed E-state index contributed by atoms with van der Waals surface area (Å²) in [7, 11) is 0. The molecule has 2 bridgehead atoms. The standard InChI is InChI=1S/C9H10O5/c10-6-4-1-2-9(6,8(13)14)5(3-4)7(11)12/h4-5H,1-3H2,(H,11,12)(H,13,14). The second-order valence-corrected chi connectivity index (χ2v) is 4.00. The van der Waals surface area contributed by atoms with E-state index in [1.54, 1.807) is 0 Å². The molecule has 2 aliphatic rings. The van der Waals surface area contributed by atoms with Gasteiger partial charge in [-0.1, -0.05) is 0 Å². The van der Waals surface area contributed by atoms with Crippen LogP contribution in [0.5, 0.6) is 0 Å². The summed E-state index contributed by atoms with van der Waals surface area (Å²) in [5.74, 6) is -4.17. The summed E-state index contributed by atoms with van der Waals surface area (Å²) in [6, 6.07) is 0. The Labute approximate surface area is 79.7 Å². The SMILES string of the molecule is O=C(O)C1CC2CCC1(C(=O)O)C2=O. The van der Waals surface area contributed by atoms with E-state index in [9.17, 15) is 14.4 Å². The third-order valence-corrected chi connectivity index (χ3v) is 3.49. The van der Waals surface area contributed by atoms with Gasteiger partial charge in [-0.05, 0) is 19.3 Å². The van der Waals surface area contributed by atoms with Crippen molar-refractivity contribution in [1.29, 1.82) is 0 Å². The highest BCUT2D eigenvalue weighted by molar-refractivity contribution is 6.11. The average molecular weight is 198 g/mol. The van der Waals surface area contributed by atoms with Crippen molar-refractivity contribution in [2.75, 3.05) is 0 Å². The highest BCUT2D eigenvalue weighted by atomic mass is 16.4. The van der Waals surface area contributed by atoms with E-state index in [0.29, 0.717) is 6.42 Å². The Bertz CT molecular complexity index is 334. The minimum Gasteiger partial charge on any atom is -0.481 e. The molecule has 2 aliphatic carbocycles. The smallest absolute Gasteiger partial charge is 0.318 e. The molecule has 0 aliphatic heterocycles. The van der Waals surface area contributed by atoms with E-state index in [0.717, 1.165) is 0 Å². The number of carboxylic acid groups (broad SMARTS) is 2. The summed E-state index contributed by atoms with van der Waals surface area (Å²) in [5.41, 5.74) is -1.61. The van der Waals surface area contributed by atoms with E-state index in [4.69, 9.17) is 10.2 Å². The second kappa shape index (κ2) is 2.56. The first-order chi connectivity index (χ1) is 6.50. The maximum Gasteiger partial charge on any atom is 0.318 e. The van der Waals surface area contributed by atoms with Crippen LogP contribution in [0.3, 0.4) is 0 Å². The second-order valence-electron chi connectivity index (χ2n) is 4.00. The van der Waals surface area contributed by atoms with Gasteiger partial charge >= 0.3 is 11.9 Å². The van der Waals surface area contributed by atoms with Crippen LogP contribution in [-0.2, 0) is 14.4 Å². The lowest BCUT2D eigenvalue weighted by Crippen LogP contribution is -2.42. The van der Waals surface area contributed by atoms with E-state index in [1.807, 2.05) is 0 Å². The van der Waals surface area contributed by atoms with Crippen LogP contribution in [0.15, 0.2) is 0 Å². The Morgan fingerprint density at radius 1 is 1.36 bits per heavy atom. The number of aliphatic carboxylic acids is 2. The molecule has 5 heteroatoms. The number of Topliss-reactive ketones (excluding diaryl/α,β-unsaturated/α-hetero) is 1. The summed E-state index contributed by atoms with van der Waals surface area (Å²) in [4.78, 5) is 33.5. The molecule has 0 aromatic rings. The molecule has 0 amide bonds. The van der Waals surface area contributed by atoms with Gasteiger partial charge in [-0.25, -0.2) is 0 Å². The van der Waals surface area contributed by atoms with Gasteiger partial charge in [-0.15, -0.1) is 0 Å². The predicted octanol–water partition coefficient (Wildman–Crippen LogP) is 0.141. The van der Waals surface area contributed by atoms with Gasteiger partial charge in [-0.3, -0.25) is 14.4 Å². The van der Waals surface area contributed by atoms with E-state index in [2.05, 4.69) is 0 Å². The van der Waals surface area contributed by atoms with Crippen LogP contribution in [0.2, 0.25) is 0 Å². The van der Waals surface area contributed by atoms with Gasteiger partial charge < -0.3 is 10.2 Å². The number of carboxylic acids is 2. The molecule has 14 heavy (non-hydrogen) atoms. The number of ketones is 1. The Balaban J connectivity index is 2.46. The predicted molar refractivity (Wildman–Crippen MR) is 43.5 cm³/mol. The molecule has 2 N–H and O–H groups in total. The van der Waals surface area contributed by atoms with Crippen LogP contribution in [-0.4, -0.2) is 27.9 Å². The van der Waals surface area contributed by atoms with Crippen LogP contribution in [0.25, 0.3) is 0 Å². The number of carbonyl (C=O) groups excluding carboxylic acids is 1. The number of hydrogen-bond acceptors (Lipinski definition) is 3. The molecule has 0 aromatic heterocycles. The molecule has 2 rings (SSSR count). The van der Waals surface area contributed by atoms with Gasteiger partial charge in [-0.2, -0.15) is 0 Å². The van der Waals surface area contributed by atoms with Crippen molar-refractivity contribution in [3.63, 3.8) is 0 Å². The fraction of sp³-hybridized carbons (Fsp3) is 0.667. The quantitative estimate of drug-likeness (QED) is 0.616. The van der Waals surface area contributed by atoms with Gasteiger partial charge in [0, 0.05) is 5.92 Å². The van der Waals surface area contributed by atoms with Crippen LogP contribution in [0.1, 0.15) is 19.3 Å². The topological polar surface area (TPSA) is 91.7 Å². The largest absolute Gasteiger partial charge is 0.481 e. The number of rotatable bonds is 2. The van der Waals surface area contributed by atoms with Gasteiger partial charge in [0.1, 0.15) is 5.41 Å². The Kier molecular flexibility index (Phi) is 1.68. The van der Waals surface area contributed by atoms with Crippen LogP contribution < -0.4 is 0 Å². The number of hydrogen-bond donors (Lipinski definition) is 2. The molecule has 0 spiro atoms. The maximum atomic E-state index is 11.6. The van der Waals surface area contributed by atoms with E-state index in [1.165, 1.54) is 0 Å². The van der Waals surface area contributed by atoms with Gasteiger partial charge in [0.05, 0.1) is 5.92 Å². The molecule has 2 saturated carbocycles. The van der Waals surface area contributed by atoms with Crippen LogP contribution in [0.4, 0.5) is 0 Å². The van der Waals surface area contributed by atoms with Crippen LogP contribution >= 0.6 is 0 Å². The summed E-state index contributed by atoms with van der Waals surface area (Å²) in [6.07, 6.45) is 0.901. The molecule has 3 atom stereocenters. The Morgan fingerprint density at radius 3 is 2.36 bits per heavy atom. The highest BCUT2D eigenvalue weighted by Crippen LogP contribution is 2.55. The molecular weight excluding hydrogens is 188 g/mol. The van der Waals surface area contributed by atoms with E-state index >= 15 is 0 Å². The molecule has 0 saturated heterocycles. The summed E-state index contributed by atoms with van der Waals surface area (Å²) < 4.78 is 0. The summed E-state index contributed by atoms with van der Waals surface area (Å²) in [5, 5.41) is 17.8. The lowest BCUT2D eigenvalue weighted by molar-refractivity contribution is -0.163. The van der Waals surface area contributed by atoms with E-state index < -0.39 is 23.3 Å². The molecule has 0 radical (unpaired) electrons. The summed E-state index contributed by atoms with van der Waals surface area (Å²) >= 11 is 0. The molecule has 0 heterocycles. The first-order valence-corrected chi connectivity index (χ1v) is 4.50. The lowest BCUT2D eigenvalue weighted by Gasteiger charge is -2.25. The maximum absolute atomic E-state index is 11.6. The van der Waals surface area contributed by atoms with E-state index in [-0.39, 0.29) is 24.5 Å².